The molecule has 0 fully saturated rings. The monoisotopic (exact) mass is 518 g/mol. The summed E-state index contributed by atoms with van der Waals surface area (Å²) in [6, 6.07) is 24.5. The SMILES string of the molecule is CCc1cc(CC)c2c(c1CC)C1(OC(=O)c3ccccc31)c1ccc(Nc3ccc(N(C)C)cc3)cc1O2. The van der Waals surface area contributed by atoms with E-state index in [-0.39, 0.29) is 5.97 Å². The first kappa shape index (κ1) is 25.1. The fraction of sp³-hybridized carbons (Fsp3) is 0.265. The Bertz CT molecular complexity index is 1590. The number of carbonyl (C=O) groups excluding carboxylic acids is 1. The zero-order valence-electron chi connectivity index (χ0n) is 23.2. The fourth-order valence-electron chi connectivity index (χ4n) is 6.12. The zero-order valence-corrected chi connectivity index (χ0v) is 23.2. The molecular formula is C34H34N2O3. The standard InChI is InChI=1S/C34H34N2O3/c1-6-21-19-22(7-2)32-31(26(21)8-3)34(28-12-10-9-11-27(28)33(37)39-34)29-18-15-24(20-30(29)38-32)35-23-13-16-25(17-14-23)36(4)5/h9-20,35H,6-8H2,1-5H3. The first-order valence-corrected chi connectivity index (χ1v) is 13.8. The molecule has 1 atom stereocenters. The largest absolute Gasteiger partial charge is 0.456 e. The Morgan fingerprint density at radius 2 is 1.51 bits per heavy atom. The first-order chi connectivity index (χ1) is 18.9. The molecule has 2 aliphatic rings. The highest BCUT2D eigenvalue weighted by atomic mass is 16.6. The number of anilines is 3. The van der Waals surface area contributed by atoms with Crippen LogP contribution in [0.25, 0.3) is 0 Å². The second-order valence-corrected chi connectivity index (χ2v) is 10.4. The maximum Gasteiger partial charge on any atom is 0.340 e. The average molecular weight is 519 g/mol. The maximum absolute atomic E-state index is 13.4. The highest BCUT2D eigenvalue weighted by Crippen LogP contribution is 2.58. The molecule has 4 aromatic carbocycles. The van der Waals surface area contributed by atoms with Crippen LogP contribution in [-0.4, -0.2) is 20.1 Å². The molecule has 6 rings (SSSR count). The predicted octanol–water partition coefficient (Wildman–Crippen LogP) is 7.75. The molecule has 1 unspecified atom stereocenters. The Morgan fingerprint density at radius 1 is 0.795 bits per heavy atom. The van der Waals surface area contributed by atoms with Crippen LogP contribution in [0.15, 0.2) is 72.8 Å². The summed E-state index contributed by atoms with van der Waals surface area (Å²) >= 11 is 0. The number of hydrogen-bond donors (Lipinski definition) is 1. The van der Waals surface area contributed by atoms with Crippen LogP contribution in [0.3, 0.4) is 0 Å². The summed E-state index contributed by atoms with van der Waals surface area (Å²) in [4.78, 5) is 15.4. The van der Waals surface area contributed by atoms with E-state index in [1.54, 1.807) is 0 Å². The molecule has 0 saturated carbocycles. The van der Waals surface area contributed by atoms with Crippen LogP contribution in [0.5, 0.6) is 11.5 Å². The van der Waals surface area contributed by atoms with E-state index < -0.39 is 5.60 Å². The third-order valence-electron chi connectivity index (χ3n) is 8.04. The van der Waals surface area contributed by atoms with Crippen molar-refractivity contribution in [1.82, 2.24) is 0 Å². The number of nitrogens with zero attached hydrogens (tertiary/aromatic N) is 1. The van der Waals surface area contributed by atoms with Gasteiger partial charge in [-0.1, -0.05) is 45.0 Å². The second kappa shape index (κ2) is 9.49. The van der Waals surface area contributed by atoms with Crippen molar-refractivity contribution in [2.24, 2.45) is 0 Å². The molecule has 1 N–H and O–H groups in total. The van der Waals surface area contributed by atoms with E-state index >= 15 is 0 Å². The average Bonchev–Trinajstić information content (AvgIpc) is 3.25. The Labute approximate surface area is 230 Å². The minimum atomic E-state index is -1.05. The van der Waals surface area contributed by atoms with Crippen LogP contribution in [-0.2, 0) is 29.6 Å². The van der Waals surface area contributed by atoms with Crippen molar-refractivity contribution in [1.29, 1.82) is 0 Å². The summed E-state index contributed by atoms with van der Waals surface area (Å²) in [5.41, 5.74) is 8.90. The first-order valence-electron chi connectivity index (χ1n) is 13.8. The molecule has 5 nitrogen and oxygen atoms in total. The molecule has 0 saturated heterocycles. The van der Waals surface area contributed by atoms with Crippen LogP contribution in [0, 0.1) is 0 Å². The van der Waals surface area contributed by atoms with Gasteiger partial charge in [0.05, 0.1) is 11.1 Å². The molecule has 0 aromatic heterocycles. The third kappa shape index (κ3) is 3.79. The molecule has 2 heterocycles. The maximum atomic E-state index is 13.4. The summed E-state index contributed by atoms with van der Waals surface area (Å²) in [5, 5.41) is 3.51. The van der Waals surface area contributed by atoms with E-state index in [0.717, 1.165) is 64.3 Å². The second-order valence-electron chi connectivity index (χ2n) is 10.4. The number of benzene rings is 4. The molecule has 5 heteroatoms. The van der Waals surface area contributed by atoms with Crippen LogP contribution >= 0.6 is 0 Å². The molecular weight excluding hydrogens is 484 g/mol. The van der Waals surface area contributed by atoms with Gasteiger partial charge in [-0.05, 0) is 78.4 Å². The van der Waals surface area contributed by atoms with Gasteiger partial charge in [-0.15, -0.1) is 0 Å². The topological polar surface area (TPSA) is 50.8 Å². The van der Waals surface area contributed by atoms with Gasteiger partial charge in [0.1, 0.15) is 11.5 Å². The lowest BCUT2D eigenvalue weighted by atomic mass is 9.73. The lowest BCUT2D eigenvalue weighted by Gasteiger charge is -2.39. The number of aryl methyl sites for hydroxylation is 2. The summed E-state index contributed by atoms with van der Waals surface area (Å²) < 4.78 is 13.3. The fourth-order valence-corrected chi connectivity index (χ4v) is 6.12. The van der Waals surface area contributed by atoms with E-state index in [1.807, 2.05) is 56.6 Å². The van der Waals surface area contributed by atoms with Gasteiger partial charge in [0.2, 0.25) is 0 Å². The van der Waals surface area contributed by atoms with Crippen LogP contribution in [0.1, 0.15) is 64.5 Å². The predicted molar refractivity (Wildman–Crippen MR) is 157 cm³/mol. The number of fused-ring (bicyclic) bond motifs is 6. The van der Waals surface area contributed by atoms with E-state index in [9.17, 15) is 4.79 Å². The molecule has 1 spiro atoms. The van der Waals surface area contributed by atoms with E-state index in [0.29, 0.717) is 11.3 Å². The van der Waals surface area contributed by atoms with Crippen molar-refractivity contribution in [2.75, 3.05) is 24.3 Å². The number of rotatable bonds is 6. The Balaban J connectivity index is 1.56. The lowest BCUT2D eigenvalue weighted by molar-refractivity contribution is 0.0221. The van der Waals surface area contributed by atoms with Gasteiger partial charge in [0.15, 0.2) is 5.60 Å². The summed E-state index contributed by atoms with van der Waals surface area (Å²) in [7, 11) is 4.06. The summed E-state index contributed by atoms with van der Waals surface area (Å²) in [6.45, 7) is 6.50. The van der Waals surface area contributed by atoms with Crippen LogP contribution in [0.2, 0.25) is 0 Å². The molecule has 0 radical (unpaired) electrons. The van der Waals surface area contributed by atoms with Gasteiger partial charge in [-0.25, -0.2) is 4.79 Å². The Hall–Kier alpha value is -4.25. The number of ether oxygens (including phenoxy) is 2. The van der Waals surface area contributed by atoms with Gasteiger partial charge >= 0.3 is 5.97 Å². The summed E-state index contributed by atoms with van der Waals surface area (Å²) in [6.07, 6.45) is 2.53. The third-order valence-corrected chi connectivity index (χ3v) is 8.04. The molecule has 4 aromatic rings. The van der Waals surface area contributed by atoms with Crippen molar-refractivity contribution in [3.8, 4) is 11.5 Å². The van der Waals surface area contributed by atoms with Crippen molar-refractivity contribution in [2.45, 2.75) is 45.6 Å². The van der Waals surface area contributed by atoms with Crippen LogP contribution in [0.4, 0.5) is 17.1 Å². The highest BCUT2D eigenvalue weighted by molar-refractivity contribution is 5.97. The van der Waals surface area contributed by atoms with Crippen molar-refractivity contribution in [3.63, 3.8) is 0 Å². The van der Waals surface area contributed by atoms with Crippen molar-refractivity contribution >= 4 is 23.0 Å². The number of nitrogens with one attached hydrogen (secondary N) is 1. The van der Waals surface area contributed by atoms with Crippen molar-refractivity contribution in [3.05, 3.63) is 112 Å². The zero-order chi connectivity index (χ0) is 27.3. The minimum Gasteiger partial charge on any atom is -0.456 e. The van der Waals surface area contributed by atoms with Gasteiger partial charge in [-0.3, -0.25) is 0 Å². The number of hydrogen-bond acceptors (Lipinski definition) is 5. The van der Waals surface area contributed by atoms with Gasteiger partial charge in [0, 0.05) is 48.4 Å². The van der Waals surface area contributed by atoms with Gasteiger partial charge in [0.25, 0.3) is 0 Å². The lowest BCUT2D eigenvalue weighted by Crippen LogP contribution is -2.35. The quantitative estimate of drug-likeness (QED) is 0.265. The van der Waals surface area contributed by atoms with Crippen molar-refractivity contribution < 1.29 is 14.3 Å². The summed E-state index contributed by atoms with van der Waals surface area (Å²) in [5.74, 6) is 1.22. The van der Waals surface area contributed by atoms with E-state index in [2.05, 4.69) is 61.3 Å². The molecule has 0 amide bonds. The van der Waals surface area contributed by atoms with Crippen LogP contribution < -0.4 is 15.0 Å². The Kier molecular flexibility index (Phi) is 6.10. The van der Waals surface area contributed by atoms with E-state index in [4.69, 9.17) is 9.47 Å². The number of carbonyl (C=O) groups is 1. The minimum absolute atomic E-state index is 0.297. The highest BCUT2D eigenvalue weighted by Gasteiger charge is 2.55. The van der Waals surface area contributed by atoms with E-state index in [1.165, 1.54) is 11.1 Å². The Morgan fingerprint density at radius 3 is 2.21 bits per heavy atom. The normalized spacial score (nSPS) is 16.7. The number of esters is 1. The molecule has 39 heavy (non-hydrogen) atoms. The molecule has 198 valence electrons. The smallest absolute Gasteiger partial charge is 0.340 e. The van der Waals surface area contributed by atoms with Gasteiger partial charge < -0.3 is 19.7 Å². The molecule has 0 bridgehead atoms. The molecule has 2 aliphatic heterocycles. The molecule has 0 aliphatic carbocycles. The van der Waals surface area contributed by atoms with Gasteiger partial charge in [-0.2, -0.15) is 0 Å².